The molecular weight excluding hydrogens is 223 g/mol. The number of aromatic nitrogens is 1. The molecule has 2 rings (SSSR count). The molecule has 16 heavy (non-hydrogen) atoms. The topological polar surface area (TPSA) is 38.9 Å². The molecule has 2 aromatic rings. The lowest BCUT2D eigenvalue weighted by molar-refractivity contribution is 0.628. The van der Waals surface area contributed by atoms with Crippen LogP contribution in [-0.4, -0.2) is 11.5 Å². The summed E-state index contributed by atoms with van der Waals surface area (Å²) in [6.07, 6.45) is 1.85. The van der Waals surface area contributed by atoms with Crippen LogP contribution in [0.15, 0.2) is 30.5 Å². The van der Waals surface area contributed by atoms with Gasteiger partial charge in [0.2, 0.25) is 0 Å². The molecule has 1 aromatic heterocycles. The van der Waals surface area contributed by atoms with Crippen molar-refractivity contribution < 1.29 is 4.39 Å². The van der Waals surface area contributed by atoms with Crippen LogP contribution in [0.1, 0.15) is 17.7 Å². The second-order valence-electron chi connectivity index (χ2n) is 3.71. The van der Waals surface area contributed by atoms with E-state index in [-0.39, 0.29) is 5.82 Å². The Bertz CT molecular complexity index is 464. The molecule has 2 nitrogen and oxygen atoms in total. The standard InChI is InChI=1S/C12H13FN2S/c1-8(6-14)11-7-15-12(16-11)9-2-4-10(13)5-3-9/h2-5,7-8H,6,14H2,1H3. The minimum Gasteiger partial charge on any atom is -0.330 e. The van der Waals surface area contributed by atoms with E-state index < -0.39 is 0 Å². The van der Waals surface area contributed by atoms with Crippen LogP contribution >= 0.6 is 11.3 Å². The summed E-state index contributed by atoms with van der Waals surface area (Å²) in [6.45, 7) is 2.69. The summed E-state index contributed by atoms with van der Waals surface area (Å²) in [7, 11) is 0. The highest BCUT2D eigenvalue weighted by atomic mass is 32.1. The van der Waals surface area contributed by atoms with Gasteiger partial charge in [-0.15, -0.1) is 11.3 Å². The van der Waals surface area contributed by atoms with Crippen molar-refractivity contribution in [2.24, 2.45) is 5.73 Å². The van der Waals surface area contributed by atoms with Gasteiger partial charge in [0, 0.05) is 22.6 Å². The Balaban J connectivity index is 2.28. The highest BCUT2D eigenvalue weighted by molar-refractivity contribution is 7.15. The Labute approximate surface area is 97.9 Å². The van der Waals surface area contributed by atoms with Crippen molar-refractivity contribution in [1.29, 1.82) is 0 Å². The van der Waals surface area contributed by atoms with Gasteiger partial charge in [0.25, 0.3) is 0 Å². The van der Waals surface area contributed by atoms with E-state index in [2.05, 4.69) is 11.9 Å². The smallest absolute Gasteiger partial charge is 0.123 e. The van der Waals surface area contributed by atoms with Gasteiger partial charge in [-0.25, -0.2) is 9.37 Å². The molecule has 2 N–H and O–H groups in total. The average molecular weight is 236 g/mol. The van der Waals surface area contributed by atoms with Crippen molar-refractivity contribution in [3.63, 3.8) is 0 Å². The van der Waals surface area contributed by atoms with Crippen LogP contribution in [0.2, 0.25) is 0 Å². The Morgan fingerprint density at radius 2 is 2.06 bits per heavy atom. The zero-order valence-electron chi connectivity index (χ0n) is 8.98. The van der Waals surface area contributed by atoms with E-state index in [9.17, 15) is 4.39 Å². The minimum atomic E-state index is -0.226. The van der Waals surface area contributed by atoms with E-state index in [1.165, 1.54) is 17.0 Å². The van der Waals surface area contributed by atoms with Crippen molar-refractivity contribution in [1.82, 2.24) is 4.98 Å². The normalized spacial score (nSPS) is 12.7. The third kappa shape index (κ3) is 2.28. The number of halogens is 1. The average Bonchev–Trinajstić information content (AvgIpc) is 2.78. The van der Waals surface area contributed by atoms with Crippen molar-refractivity contribution in [2.45, 2.75) is 12.8 Å². The molecule has 0 spiro atoms. The first-order valence-corrected chi connectivity index (χ1v) is 5.94. The Kier molecular flexibility index (Phi) is 3.31. The fourth-order valence-corrected chi connectivity index (χ4v) is 2.34. The summed E-state index contributed by atoms with van der Waals surface area (Å²) in [5, 5.41) is 0.912. The molecule has 0 bridgehead atoms. The second kappa shape index (κ2) is 4.72. The van der Waals surface area contributed by atoms with Crippen LogP contribution < -0.4 is 5.73 Å². The van der Waals surface area contributed by atoms with E-state index in [0.29, 0.717) is 12.5 Å². The lowest BCUT2D eigenvalue weighted by Gasteiger charge is -2.02. The summed E-state index contributed by atoms with van der Waals surface area (Å²) in [5.74, 6) is 0.0996. The molecular formula is C12H13FN2S. The van der Waals surface area contributed by atoms with Gasteiger partial charge in [-0.1, -0.05) is 6.92 Å². The molecule has 0 aliphatic heterocycles. The first kappa shape index (κ1) is 11.2. The Morgan fingerprint density at radius 1 is 1.38 bits per heavy atom. The van der Waals surface area contributed by atoms with Crippen molar-refractivity contribution in [3.05, 3.63) is 41.2 Å². The molecule has 4 heteroatoms. The second-order valence-corrected chi connectivity index (χ2v) is 4.77. The van der Waals surface area contributed by atoms with Gasteiger partial charge in [0.05, 0.1) is 0 Å². The molecule has 0 saturated heterocycles. The predicted molar refractivity (Wildman–Crippen MR) is 65.0 cm³/mol. The van der Waals surface area contributed by atoms with E-state index in [4.69, 9.17) is 5.73 Å². The van der Waals surface area contributed by atoms with Gasteiger partial charge < -0.3 is 5.73 Å². The van der Waals surface area contributed by atoms with Gasteiger partial charge in [0.15, 0.2) is 0 Å². The largest absolute Gasteiger partial charge is 0.330 e. The Hall–Kier alpha value is -1.26. The van der Waals surface area contributed by atoms with Crippen molar-refractivity contribution >= 4 is 11.3 Å². The van der Waals surface area contributed by atoms with Gasteiger partial charge in [-0.2, -0.15) is 0 Å². The summed E-state index contributed by atoms with van der Waals surface area (Å²) >= 11 is 1.61. The first-order valence-electron chi connectivity index (χ1n) is 5.12. The molecule has 0 saturated carbocycles. The number of thiazole rings is 1. The van der Waals surface area contributed by atoms with Crippen LogP contribution in [0.4, 0.5) is 4.39 Å². The highest BCUT2D eigenvalue weighted by Crippen LogP contribution is 2.29. The predicted octanol–water partition coefficient (Wildman–Crippen LogP) is 3.01. The fraction of sp³-hybridized carbons (Fsp3) is 0.250. The highest BCUT2D eigenvalue weighted by Gasteiger charge is 2.09. The summed E-state index contributed by atoms with van der Waals surface area (Å²) in [6, 6.07) is 6.38. The lowest BCUT2D eigenvalue weighted by atomic mass is 10.2. The maximum Gasteiger partial charge on any atom is 0.123 e. The third-order valence-corrected chi connectivity index (χ3v) is 3.73. The fourth-order valence-electron chi connectivity index (χ4n) is 1.36. The summed E-state index contributed by atoms with van der Waals surface area (Å²) in [5.41, 5.74) is 6.55. The number of hydrogen-bond acceptors (Lipinski definition) is 3. The zero-order chi connectivity index (χ0) is 11.5. The molecule has 0 fully saturated rings. The zero-order valence-corrected chi connectivity index (χ0v) is 9.80. The summed E-state index contributed by atoms with van der Waals surface area (Å²) < 4.78 is 12.8. The number of hydrogen-bond donors (Lipinski definition) is 1. The number of nitrogens with zero attached hydrogens (tertiary/aromatic N) is 1. The van der Waals surface area contributed by atoms with E-state index in [1.54, 1.807) is 23.5 Å². The van der Waals surface area contributed by atoms with E-state index >= 15 is 0 Å². The van der Waals surface area contributed by atoms with Crippen LogP contribution in [0.5, 0.6) is 0 Å². The number of benzene rings is 1. The molecule has 0 radical (unpaired) electrons. The molecule has 1 atom stereocenters. The molecule has 84 valence electrons. The quantitative estimate of drug-likeness (QED) is 0.889. The van der Waals surface area contributed by atoms with Crippen molar-refractivity contribution in [3.8, 4) is 10.6 Å². The number of rotatable bonds is 3. The molecule has 1 aromatic carbocycles. The van der Waals surface area contributed by atoms with Crippen LogP contribution in [0.25, 0.3) is 10.6 Å². The van der Waals surface area contributed by atoms with E-state index in [0.717, 1.165) is 10.6 Å². The monoisotopic (exact) mass is 236 g/mol. The van der Waals surface area contributed by atoms with Gasteiger partial charge in [0.1, 0.15) is 10.8 Å². The molecule has 0 amide bonds. The van der Waals surface area contributed by atoms with Crippen LogP contribution in [-0.2, 0) is 0 Å². The Morgan fingerprint density at radius 3 is 2.69 bits per heavy atom. The molecule has 0 aliphatic carbocycles. The van der Waals surface area contributed by atoms with Gasteiger partial charge in [-0.3, -0.25) is 0 Å². The number of nitrogens with two attached hydrogens (primary N) is 1. The maximum atomic E-state index is 12.8. The van der Waals surface area contributed by atoms with Crippen LogP contribution in [0.3, 0.4) is 0 Å². The maximum absolute atomic E-state index is 12.8. The minimum absolute atomic E-state index is 0.226. The third-order valence-electron chi connectivity index (χ3n) is 2.45. The summed E-state index contributed by atoms with van der Waals surface area (Å²) in [4.78, 5) is 5.49. The van der Waals surface area contributed by atoms with Gasteiger partial charge >= 0.3 is 0 Å². The molecule has 0 aliphatic rings. The molecule has 1 heterocycles. The van der Waals surface area contributed by atoms with E-state index in [1.807, 2.05) is 6.20 Å². The molecule has 1 unspecified atom stereocenters. The SMILES string of the molecule is CC(CN)c1cnc(-c2ccc(F)cc2)s1. The van der Waals surface area contributed by atoms with Crippen LogP contribution in [0, 0.1) is 5.82 Å². The van der Waals surface area contributed by atoms with Gasteiger partial charge in [-0.05, 0) is 30.8 Å². The first-order chi connectivity index (χ1) is 7.70. The van der Waals surface area contributed by atoms with Crippen molar-refractivity contribution in [2.75, 3.05) is 6.54 Å². The lowest BCUT2D eigenvalue weighted by Crippen LogP contribution is -2.07.